The van der Waals surface area contributed by atoms with E-state index in [9.17, 15) is 9.90 Å². The molecule has 16 heavy (non-hydrogen) atoms. The van der Waals surface area contributed by atoms with Gasteiger partial charge in [-0.3, -0.25) is 4.79 Å². The van der Waals surface area contributed by atoms with E-state index >= 15 is 0 Å². The molecule has 1 amide bonds. The molecule has 0 spiro atoms. The lowest BCUT2D eigenvalue weighted by atomic mass is 10.1. The van der Waals surface area contributed by atoms with Gasteiger partial charge in [0, 0.05) is 6.54 Å². The fraction of sp³-hybridized carbons (Fsp3) is 0.308. The average Bonchev–Trinajstić information content (AvgIpc) is 2.27. The zero-order chi connectivity index (χ0) is 12.0. The third kappa shape index (κ3) is 3.42. The van der Waals surface area contributed by atoms with Gasteiger partial charge in [-0.25, -0.2) is 0 Å². The molecule has 0 saturated carbocycles. The Morgan fingerprint density at radius 3 is 2.94 bits per heavy atom. The number of nitrogens with one attached hydrogen (secondary N) is 1. The molecule has 0 aliphatic rings. The summed E-state index contributed by atoms with van der Waals surface area (Å²) in [6, 6.07) is 4.99. The van der Waals surface area contributed by atoms with Crippen molar-refractivity contribution in [1.82, 2.24) is 5.32 Å². The van der Waals surface area contributed by atoms with Crippen LogP contribution in [0.3, 0.4) is 0 Å². The van der Waals surface area contributed by atoms with Crippen LogP contribution in [0.25, 0.3) is 0 Å². The molecule has 1 aromatic rings. The van der Waals surface area contributed by atoms with Crippen LogP contribution in [0.15, 0.2) is 30.4 Å². The molecular weight excluding hydrogens is 202 g/mol. The number of allylic oxidation sites excluding steroid dienone is 1. The molecule has 0 radical (unpaired) electrons. The predicted octanol–water partition coefficient (Wildman–Crippen LogP) is 2.40. The first-order chi connectivity index (χ1) is 7.65. The monoisotopic (exact) mass is 219 g/mol. The van der Waals surface area contributed by atoms with E-state index < -0.39 is 0 Å². The van der Waals surface area contributed by atoms with E-state index in [4.69, 9.17) is 0 Å². The lowest BCUT2D eigenvalue weighted by molar-refractivity contribution is 0.0951. The maximum Gasteiger partial charge on any atom is 0.255 e. The number of carbonyl (C=O) groups excluding carboxylic acids is 1. The van der Waals surface area contributed by atoms with Gasteiger partial charge in [0.1, 0.15) is 5.75 Å². The Morgan fingerprint density at radius 1 is 1.50 bits per heavy atom. The summed E-state index contributed by atoms with van der Waals surface area (Å²) in [6.45, 7) is 4.40. The van der Waals surface area contributed by atoms with Gasteiger partial charge in [-0.15, -0.1) is 0 Å². The molecule has 0 aliphatic heterocycles. The minimum absolute atomic E-state index is 0.0223. The van der Waals surface area contributed by atoms with E-state index in [0.29, 0.717) is 12.1 Å². The third-order valence-corrected chi connectivity index (χ3v) is 2.23. The number of hydrogen-bond acceptors (Lipinski definition) is 2. The quantitative estimate of drug-likeness (QED) is 0.603. The summed E-state index contributed by atoms with van der Waals surface area (Å²) in [5.74, 6) is -0.208. The van der Waals surface area contributed by atoms with Crippen LogP contribution in [0.4, 0.5) is 0 Å². The van der Waals surface area contributed by atoms with Crippen molar-refractivity contribution in [3.05, 3.63) is 41.5 Å². The minimum Gasteiger partial charge on any atom is -0.507 e. The summed E-state index contributed by atoms with van der Waals surface area (Å²) >= 11 is 0. The molecule has 0 aromatic heterocycles. The molecule has 86 valence electrons. The molecule has 0 heterocycles. The van der Waals surface area contributed by atoms with Crippen molar-refractivity contribution in [2.75, 3.05) is 6.54 Å². The van der Waals surface area contributed by atoms with Crippen LogP contribution in [0, 0.1) is 6.92 Å². The molecule has 0 aliphatic carbocycles. The van der Waals surface area contributed by atoms with Crippen molar-refractivity contribution in [3.8, 4) is 5.75 Å². The number of phenolic OH excluding ortho intramolecular Hbond substituents is 1. The average molecular weight is 219 g/mol. The van der Waals surface area contributed by atoms with Crippen molar-refractivity contribution in [3.63, 3.8) is 0 Å². The van der Waals surface area contributed by atoms with Crippen molar-refractivity contribution in [2.24, 2.45) is 0 Å². The summed E-state index contributed by atoms with van der Waals surface area (Å²) in [5.41, 5.74) is 1.29. The van der Waals surface area contributed by atoms with Crippen molar-refractivity contribution >= 4 is 5.91 Å². The van der Waals surface area contributed by atoms with E-state index in [0.717, 1.165) is 12.0 Å². The smallest absolute Gasteiger partial charge is 0.255 e. The minimum atomic E-state index is -0.231. The number of aromatic hydroxyl groups is 1. The molecule has 1 aromatic carbocycles. The van der Waals surface area contributed by atoms with Gasteiger partial charge in [-0.05, 0) is 32.4 Å². The highest BCUT2D eigenvalue weighted by molar-refractivity contribution is 5.96. The molecule has 0 unspecified atom stereocenters. The fourth-order valence-corrected chi connectivity index (χ4v) is 1.36. The first kappa shape index (κ1) is 12.3. The van der Waals surface area contributed by atoms with E-state index in [2.05, 4.69) is 5.32 Å². The largest absolute Gasteiger partial charge is 0.507 e. The van der Waals surface area contributed by atoms with Gasteiger partial charge >= 0.3 is 0 Å². The van der Waals surface area contributed by atoms with Crippen LogP contribution in [0.2, 0.25) is 0 Å². The Labute approximate surface area is 95.8 Å². The van der Waals surface area contributed by atoms with E-state index in [1.54, 1.807) is 12.1 Å². The Morgan fingerprint density at radius 2 is 2.25 bits per heavy atom. The normalized spacial score (nSPS) is 10.6. The fourth-order valence-electron chi connectivity index (χ4n) is 1.36. The first-order valence-electron chi connectivity index (χ1n) is 5.34. The first-order valence-corrected chi connectivity index (χ1v) is 5.34. The number of phenols is 1. The van der Waals surface area contributed by atoms with E-state index in [-0.39, 0.29) is 11.7 Å². The maximum atomic E-state index is 11.7. The van der Waals surface area contributed by atoms with Crippen molar-refractivity contribution in [1.29, 1.82) is 0 Å². The Balaban J connectivity index is 2.62. The van der Waals surface area contributed by atoms with E-state index in [1.807, 2.05) is 26.0 Å². The summed E-state index contributed by atoms with van der Waals surface area (Å²) in [4.78, 5) is 11.7. The molecule has 0 fully saturated rings. The molecule has 0 atom stereocenters. The standard InChI is InChI=1S/C13H17NO2/c1-3-4-5-8-14-13(16)11-9-10(2)6-7-12(11)15/h3-4,6-7,9,15H,5,8H2,1-2H3,(H,14,16)/b4-3+. The lowest BCUT2D eigenvalue weighted by Gasteiger charge is -2.06. The third-order valence-electron chi connectivity index (χ3n) is 2.23. The molecule has 0 bridgehead atoms. The summed E-state index contributed by atoms with van der Waals surface area (Å²) in [7, 11) is 0. The predicted molar refractivity (Wildman–Crippen MR) is 64.6 cm³/mol. The number of carbonyl (C=O) groups is 1. The number of amides is 1. The Hall–Kier alpha value is -1.77. The highest BCUT2D eigenvalue weighted by atomic mass is 16.3. The molecule has 1 rings (SSSR count). The Kier molecular flexibility index (Phi) is 4.58. The van der Waals surface area contributed by atoms with Gasteiger partial charge in [-0.2, -0.15) is 0 Å². The van der Waals surface area contributed by atoms with Gasteiger partial charge in [0.2, 0.25) is 0 Å². The maximum absolute atomic E-state index is 11.7. The molecular formula is C13H17NO2. The zero-order valence-electron chi connectivity index (χ0n) is 9.66. The van der Waals surface area contributed by atoms with Gasteiger partial charge in [0.05, 0.1) is 5.56 Å². The van der Waals surface area contributed by atoms with Crippen LogP contribution in [-0.2, 0) is 0 Å². The van der Waals surface area contributed by atoms with Crippen LogP contribution in [0.5, 0.6) is 5.75 Å². The zero-order valence-corrected chi connectivity index (χ0v) is 9.66. The molecule has 2 N–H and O–H groups in total. The van der Waals surface area contributed by atoms with Gasteiger partial charge in [-0.1, -0.05) is 23.8 Å². The topological polar surface area (TPSA) is 49.3 Å². The SMILES string of the molecule is C/C=C/CCNC(=O)c1cc(C)ccc1O. The molecule has 3 nitrogen and oxygen atoms in total. The van der Waals surface area contributed by atoms with Crippen LogP contribution in [0.1, 0.15) is 29.3 Å². The second-order valence-corrected chi connectivity index (χ2v) is 3.63. The number of hydrogen-bond donors (Lipinski definition) is 2. The summed E-state index contributed by atoms with van der Waals surface area (Å²) in [5, 5.41) is 12.3. The second-order valence-electron chi connectivity index (χ2n) is 3.63. The molecule has 0 saturated heterocycles. The van der Waals surface area contributed by atoms with Gasteiger partial charge < -0.3 is 10.4 Å². The number of benzene rings is 1. The highest BCUT2D eigenvalue weighted by Crippen LogP contribution is 2.17. The van der Waals surface area contributed by atoms with Crippen molar-refractivity contribution in [2.45, 2.75) is 20.3 Å². The van der Waals surface area contributed by atoms with Crippen LogP contribution < -0.4 is 5.32 Å². The number of rotatable bonds is 4. The van der Waals surface area contributed by atoms with Crippen LogP contribution in [-0.4, -0.2) is 17.6 Å². The number of aryl methyl sites for hydroxylation is 1. The van der Waals surface area contributed by atoms with Gasteiger partial charge in [0.15, 0.2) is 0 Å². The molecule has 3 heteroatoms. The van der Waals surface area contributed by atoms with Crippen LogP contribution >= 0.6 is 0 Å². The summed E-state index contributed by atoms with van der Waals surface area (Å²) < 4.78 is 0. The second kappa shape index (κ2) is 5.95. The summed E-state index contributed by atoms with van der Waals surface area (Å²) in [6.07, 6.45) is 4.72. The van der Waals surface area contributed by atoms with Gasteiger partial charge in [0.25, 0.3) is 5.91 Å². The Bertz CT molecular complexity index is 397. The lowest BCUT2D eigenvalue weighted by Crippen LogP contribution is -2.24. The van der Waals surface area contributed by atoms with E-state index in [1.165, 1.54) is 6.07 Å². The van der Waals surface area contributed by atoms with Crippen molar-refractivity contribution < 1.29 is 9.90 Å². The highest BCUT2D eigenvalue weighted by Gasteiger charge is 2.09.